The van der Waals surface area contributed by atoms with E-state index in [0.29, 0.717) is 0 Å². The van der Waals surface area contributed by atoms with Crippen LogP contribution in [0.15, 0.2) is 17.2 Å². The van der Waals surface area contributed by atoms with Crippen LogP contribution in [0.3, 0.4) is 0 Å². The van der Waals surface area contributed by atoms with E-state index in [0.717, 1.165) is 4.57 Å². The molecular formula is C7H9F3N2O2. The maximum Gasteiger partial charge on any atom is 0.411 e. The molecule has 1 aromatic heterocycles. The molecule has 1 heterocycles. The molecule has 7 heteroatoms. The maximum absolute atomic E-state index is 11.6. The molecule has 0 N–H and O–H groups in total. The van der Waals surface area contributed by atoms with Crippen LogP contribution in [0.4, 0.5) is 13.2 Å². The third-order valence-corrected chi connectivity index (χ3v) is 1.51. The van der Waals surface area contributed by atoms with Crippen molar-refractivity contribution in [2.45, 2.75) is 12.9 Å². The van der Waals surface area contributed by atoms with Gasteiger partial charge in [0.05, 0.1) is 0 Å². The highest BCUT2D eigenvalue weighted by Crippen LogP contribution is 2.14. The zero-order chi connectivity index (χ0) is 10.8. The number of ether oxygens (including phenoxy) is 1. The summed E-state index contributed by atoms with van der Waals surface area (Å²) < 4.78 is 41.5. The minimum atomic E-state index is -4.36. The van der Waals surface area contributed by atoms with Gasteiger partial charge in [-0.05, 0) is 0 Å². The lowest BCUT2D eigenvalue weighted by molar-refractivity contribution is -0.182. The fourth-order valence-electron chi connectivity index (χ4n) is 0.869. The Kier molecular flexibility index (Phi) is 3.00. The standard InChI is InChI=1S/C7H9F3N2O2/c1-11-2-3-12(6(11)13)5-14-4-7(8,9)10/h2-3H,4-5H2,1H3. The fraction of sp³-hybridized carbons (Fsp3) is 0.571. The molecule has 0 aliphatic heterocycles. The fourth-order valence-corrected chi connectivity index (χ4v) is 0.869. The largest absolute Gasteiger partial charge is 0.411 e. The van der Waals surface area contributed by atoms with Gasteiger partial charge in [0.2, 0.25) is 0 Å². The molecule has 0 saturated carbocycles. The maximum atomic E-state index is 11.6. The zero-order valence-electron chi connectivity index (χ0n) is 7.41. The molecule has 0 atom stereocenters. The van der Waals surface area contributed by atoms with E-state index in [1.54, 1.807) is 0 Å². The SMILES string of the molecule is Cn1ccn(COCC(F)(F)F)c1=O. The van der Waals surface area contributed by atoms with Crippen molar-refractivity contribution in [3.63, 3.8) is 0 Å². The summed E-state index contributed by atoms with van der Waals surface area (Å²) in [5.41, 5.74) is -0.410. The second-order valence-corrected chi connectivity index (χ2v) is 2.75. The first-order valence-corrected chi connectivity index (χ1v) is 3.76. The Hall–Kier alpha value is -1.24. The number of rotatable bonds is 3. The van der Waals surface area contributed by atoms with Crippen LogP contribution in [0.1, 0.15) is 0 Å². The zero-order valence-corrected chi connectivity index (χ0v) is 7.41. The molecule has 0 spiro atoms. The van der Waals surface area contributed by atoms with Crippen molar-refractivity contribution in [1.82, 2.24) is 9.13 Å². The van der Waals surface area contributed by atoms with Crippen LogP contribution in [-0.4, -0.2) is 21.9 Å². The molecule has 0 radical (unpaired) electrons. The van der Waals surface area contributed by atoms with Gasteiger partial charge >= 0.3 is 11.9 Å². The van der Waals surface area contributed by atoms with Gasteiger partial charge in [-0.15, -0.1) is 0 Å². The lowest BCUT2D eigenvalue weighted by Gasteiger charge is -2.07. The van der Waals surface area contributed by atoms with E-state index in [1.807, 2.05) is 0 Å². The molecule has 0 aromatic carbocycles. The third kappa shape index (κ3) is 2.91. The van der Waals surface area contributed by atoms with Crippen LogP contribution in [0, 0.1) is 0 Å². The highest BCUT2D eigenvalue weighted by atomic mass is 19.4. The van der Waals surface area contributed by atoms with Crippen LogP contribution >= 0.6 is 0 Å². The monoisotopic (exact) mass is 210 g/mol. The quantitative estimate of drug-likeness (QED) is 0.737. The number of aryl methyl sites for hydroxylation is 1. The van der Waals surface area contributed by atoms with Crippen molar-refractivity contribution in [1.29, 1.82) is 0 Å². The molecule has 0 fully saturated rings. The van der Waals surface area contributed by atoms with E-state index >= 15 is 0 Å². The van der Waals surface area contributed by atoms with E-state index in [9.17, 15) is 18.0 Å². The van der Waals surface area contributed by atoms with Crippen LogP contribution < -0.4 is 5.69 Å². The average Bonchev–Trinajstić information content (AvgIpc) is 2.33. The topological polar surface area (TPSA) is 36.2 Å². The smallest absolute Gasteiger partial charge is 0.351 e. The van der Waals surface area contributed by atoms with Gasteiger partial charge in [0.25, 0.3) is 0 Å². The Morgan fingerprint density at radius 2 is 2.07 bits per heavy atom. The number of alkyl halides is 3. The van der Waals surface area contributed by atoms with E-state index in [2.05, 4.69) is 4.74 Å². The van der Waals surface area contributed by atoms with Crippen LogP contribution in [-0.2, 0) is 18.5 Å². The molecule has 1 aromatic rings. The summed E-state index contributed by atoms with van der Waals surface area (Å²) in [5, 5.41) is 0. The van der Waals surface area contributed by atoms with Gasteiger partial charge in [0.15, 0.2) is 0 Å². The first-order valence-electron chi connectivity index (χ1n) is 3.76. The van der Waals surface area contributed by atoms with Gasteiger partial charge < -0.3 is 9.30 Å². The molecule has 0 bridgehead atoms. The average molecular weight is 210 g/mol. The molecular weight excluding hydrogens is 201 g/mol. The van der Waals surface area contributed by atoms with Crippen molar-refractivity contribution in [3.8, 4) is 0 Å². The Bertz CT molecular complexity index is 353. The highest BCUT2D eigenvalue weighted by Gasteiger charge is 2.27. The molecule has 0 aliphatic carbocycles. The Labute approximate surface area is 77.5 Å². The van der Waals surface area contributed by atoms with Gasteiger partial charge in [0, 0.05) is 19.4 Å². The van der Waals surface area contributed by atoms with Crippen LogP contribution in [0.5, 0.6) is 0 Å². The number of imidazole rings is 1. The Morgan fingerprint density at radius 3 is 2.50 bits per heavy atom. The predicted octanol–water partition coefficient (Wildman–Crippen LogP) is 0.723. The van der Waals surface area contributed by atoms with Gasteiger partial charge in [-0.2, -0.15) is 13.2 Å². The van der Waals surface area contributed by atoms with Crippen molar-refractivity contribution >= 4 is 0 Å². The molecule has 80 valence electrons. The summed E-state index contributed by atoms with van der Waals surface area (Å²) in [6.07, 6.45) is -1.56. The lowest BCUT2D eigenvalue weighted by Crippen LogP contribution is -2.25. The van der Waals surface area contributed by atoms with Crippen molar-refractivity contribution in [2.75, 3.05) is 6.61 Å². The number of nitrogens with zero attached hydrogens (tertiary/aromatic N) is 2. The third-order valence-electron chi connectivity index (χ3n) is 1.51. The van der Waals surface area contributed by atoms with Crippen molar-refractivity contribution in [3.05, 3.63) is 22.9 Å². The van der Waals surface area contributed by atoms with E-state index in [-0.39, 0.29) is 6.73 Å². The minimum absolute atomic E-state index is 0.390. The van der Waals surface area contributed by atoms with E-state index in [4.69, 9.17) is 0 Å². The molecule has 0 unspecified atom stereocenters. The Morgan fingerprint density at radius 1 is 1.43 bits per heavy atom. The molecule has 4 nitrogen and oxygen atoms in total. The summed E-state index contributed by atoms with van der Waals surface area (Å²) in [7, 11) is 1.50. The number of aromatic nitrogens is 2. The minimum Gasteiger partial charge on any atom is -0.351 e. The van der Waals surface area contributed by atoms with E-state index < -0.39 is 18.5 Å². The predicted molar refractivity (Wildman–Crippen MR) is 41.7 cm³/mol. The first-order chi connectivity index (χ1) is 6.40. The summed E-state index contributed by atoms with van der Waals surface area (Å²) in [6.45, 7) is -1.74. The van der Waals surface area contributed by atoms with Gasteiger partial charge in [0.1, 0.15) is 13.3 Å². The summed E-state index contributed by atoms with van der Waals surface area (Å²) >= 11 is 0. The number of hydrogen-bond donors (Lipinski definition) is 0. The lowest BCUT2D eigenvalue weighted by atomic mass is 10.7. The summed E-state index contributed by atoms with van der Waals surface area (Å²) in [5.74, 6) is 0. The van der Waals surface area contributed by atoms with Crippen LogP contribution in [0.2, 0.25) is 0 Å². The van der Waals surface area contributed by atoms with Gasteiger partial charge in [-0.3, -0.25) is 4.57 Å². The van der Waals surface area contributed by atoms with Gasteiger partial charge in [-0.25, -0.2) is 4.79 Å². The second-order valence-electron chi connectivity index (χ2n) is 2.75. The van der Waals surface area contributed by atoms with Crippen molar-refractivity contribution in [2.24, 2.45) is 7.05 Å². The first kappa shape index (κ1) is 10.8. The van der Waals surface area contributed by atoms with E-state index in [1.165, 1.54) is 24.0 Å². The number of hydrogen-bond acceptors (Lipinski definition) is 2. The summed E-state index contributed by atoms with van der Waals surface area (Å²) in [4.78, 5) is 11.1. The molecule has 0 aliphatic rings. The van der Waals surface area contributed by atoms with Crippen molar-refractivity contribution < 1.29 is 17.9 Å². The molecule has 14 heavy (non-hydrogen) atoms. The molecule has 0 saturated heterocycles. The van der Waals surface area contributed by atoms with Crippen LogP contribution in [0.25, 0.3) is 0 Å². The molecule has 0 amide bonds. The summed E-state index contributed by atoms with van der Waals surface area (Å²) in [6, 6.07) is 0. The number of halogens is 3. The highest BCUT2D eigenvalue weighted by molar-refractivity contribution is 4.78. The van der Waals surface area contributed by atoms with Gasteiger partial charge in [-0.1, -0.05) is 0 Å². The molecule has 1 rings (SSSR count). The second kappa shape index (κ2) is 3.87. The Balaban J connectivity index is 2.47. The normalized spacial score (nSPS) is 12.0.